The van der Waals surface area contributed by atoms with Crippen molar-refractivity contribution in [2.45, 2.75) is 18.8 Å². The molecule has 0 N–H and O–H groups in total. The van der Waals surface area contributed by atoms with Gasteiger partial charge in [0.2, 0.25) is 0 Å². The molecule has 1 unspecified atom stereocenters. The molecule has 1 saturated carbocycles. The SMILES string of the molecule is C=Cc1c(C2CCC2=O)ccc2ccccc12. The Balaban J connectivity index is 2.25. The topological polar surface area (TPSA) is 17.1 Å². The number of Topliss-reactive ketones (excluding diaryl/α,β-unsaturated/α-hetero) is 1. The molecule has 3 rings (SSSR count). The first kappa shape index (κ1) is 10.3. The molecule has 2 aromatic rings. The Hall–Kier alpha value is -1.89. The first-order valence-corrected chi connectivity index (χ1v) is 5.98. The van der Waals surface area contributed by atoms with Gasteiger partial charge in [0, 0.05) is 12.3 Å². The number of carbonyl (C=O) groups excluding carboxylic acids is 1. The average molecular weight is 222 g/mol. The zero-order valence-electron chi connectivity index (χ0n) is 9.65. The third-order valence-corrected chi connectivity index (χ3v) is 3.65. The van der Waals surface area contributed by atoms with Crippen LogP contribution in [0.15, 0.2) is 43.0 Å². The molecule has 17 heavy (non-hydrogen) atoms. The summed E-state index contributed by atoms with van der Waals surface area (Å²) in [5.41, 5.74) is 2.27. The van der Waals surface area contributed by atoms with Gasteiger partial charge in [-0.05, 0) is 28.3 Å². The number of hydrogen-bond acceptors (Lipinski definition) is 1. The maximum absolute atomic E-state index is 11.6. The summed E-state index contributed by atoms with van der Waals surface area (Å²) in [7, 11) is 0. The summed E-state index contributed by atoms with van der Waals surface area (Å²) >= 11 is 0. The summed E-state index contributed by atoms with van der Waals surface area (Å²) in [6, 6.07) is 12.4. The predicted molar refractivity (Wildman–Crippen MR) is 71.0 cm³/mol. The molecular formula is C16H14O. The zero-order valence-corrected chi connectivity index (χ0v) is 9.65. The molecule has 0 saturated heterocycles. The first-order chi connectivity index (χ1) is 8.31. The quantitative estimate of drug-likeness (QED) is 0.752. The van der Waals surface area contributed by atoms with Gasteiger partial charge in [-0.15, -0.1) is 0 Å². The van der Waals surface area contributed by atoms with E-state index in [1.807, 2.05) is 18.2 Å². The minimum absolute atomic E-state index is 0.104. The largest absolute Gasteiger partial charge is 0.299 e. The number of carbonyl (C=O) groups is 1. The van der Waals surface area contributed by atoms with Crippen molar-refractivity contribution in [2.24, 2.45) is 0 Å². The Labute approximate surface area is 101 Å². The van der Waals surface area contributed by atoms with E-state index < -0.39 is 0 Å². The van der Waals surface area contributed by atoms with E-state index in [0.717, 1.165) is 24.0 Å². The monoisotopic (exact) mass is 222 g/mol. The van der Waals surface area contributed by atoms with Crippen LogP contribution in [0.25, 0.3) is 16.8 Å². The molecule has 1 aliphatic carbocycles. The van der Waals surface area contributed by atoms with Crippen LogP contribution in [-0.2, 0) is 4.79 Å². The van der Waals surface area contributed by atoms with Crippen molar-refractivity contribution < 1.29 is 4.79 Å². The fraction of sp³-hybridized carbons (Fsp3) is 0.188. The minimum atomic E-state index is 0.104. The van der Waals surface area contributed by atoms with Crippen LogP contribution in [-0.4, -0.2) is 5.78 Å². The fourth-order valence-corrected chi connectivity index (χ4v) is 2.58. The van der Waals surface area contributed by atoms with Gasteiger partial charge in [-0.25, -0.2) is 0 Å². The number of rotatable bonds is 2. The van der Waals surface area contributed by atoms with Crippen molar-refractivity contribution in [3.8, 4) is 0 Å². The van der Waals surface area contributed by atoms with E-state index in [0.29, 0.717) is 5.78 Å². The summed E-state index contributed by atoms with van der Waals surface area (Å²) < 4.78 is 0. The van der Waals surface area contributed by atoms with Crippen LogP contribution >= 0.6 is 0 Å². The lowest BCUT2D eigenvalue weighted by Gasteiger charge is -2.26. The van der Waals surface area contributed by atoms with Gasteiger partial charge in [0.1, 0.15) is 5.78 Å². The van der Waals surface area contributed by atoms with Crippen molar-refractivity contribution in [1.82, 2.24) is 0 Å². The van der Waals surface area contributed by atoms with Crippen LogP contribution < -0.4 is 0 Å². The van der Waals surface area contributed by atoms with Crippen LogP contribution in [0.4, 0.5) is 0 Å². The van der Waals surface area contributed by atoms with Crippen LogP contribution in [0.3, 0.4) is 0 Å². The summed E-state index contributed by atoms with van der Waals surface area (Å²) in [5, 5.41) is 2.40. The number of fused-ring (bicyclic) bond motifs is 1. The van der Waals surface area contributed by atoms with Crippen molar-refractivity contribution in [3.63, 3.8) is 0 Å². The summed E-state index contributed by atoms with van der Waals surface area (Å²) in [4.78, 5) is 11.6. The molecule has 1 atom stereocenters. The first-order valence-electron chi connectivity index (χ1n) is 5.98. The van der Waals surface area contributed by atoms with E-state index in [1.165, 1.54) is 10.8 Å². The number of ketones is 1. The molecule has 0 aromatic heterocycles. The second-order valence-corrected chi connectivity index (χ2v) is 4.55. The second-order valence-electron chi connectivity index (χ2n) is 4.55. The smallest absolute Gasteiger partial charge is 0.140 e. The third-order valence-electron chi connectivity index (χ3n) is 3.65. The Kier molecular flexibility index (Phi) is 2.32. The van der Waals surface area contributed by atoms with E-state index in [4.69, 9.17) is 0 Å². The summed E-state index contributed by atoms with van der Waals surface area (Å²) in [5.74, 6) is 0.469. The van der Waals surface area contributed by atoms with E-state index in [-0.39, 0.29) is 5.92 Å². The van der Waals surface area contributed by atoms with Crippen molar-refractivity contribution >= 4 is 22.6 Å². The minimum Gasteiger partial charge on any atom is -0.299 e. The molecule has 1 heteroatoms. The lowest BCUT2D eigenvalue weighted by Crippen LogP contribution is -2.23. The van der Waals surface area contributed by atoms with Gasteiger partial charge in [0.25, 0.3) is 0 Å². The van der Waals surface area contributed by atoms with Crippen molar-refractivity contribution in [2.75, 3.05) is 0 Å². The molecule has 0 bridgehead atoms. The molecule has 1 nitrogen and oxygen atoms in total. The van der Waals surface area contributed by atoms with Crippen molar-refractivity contribution in [3.05, 3.63) is 54.1 Å². The van der Waals surface area contributed by atoms with Gasteiger partial charge >= 0.3 is 0 Å². The molecule has 1 aliphatic rings. The molecular weight excluding hydrogens is 208 g/mol. The lowest BCUT2D eigenvalue weighted by molar-refractivity contribution is -0.125. The maximum atomic E-state index is 11.6. The maximum Gasteiger partial charge on any atom is 0.140 e. The zero-order chi connectivity index (χ0) is 11.8. The highest BCUT2D eigenvalue weighted by Gasteiger charge is 2.31. The highest BCUT2D eigenvalue weighted by atomic mass is 16.1. The molecule has 1 fully saturated rings. The molecule has 2 aromatic carbocycles. The molecule has 0 spiro atoms. The van der Waals surface area contributed by atoms with Gasteiger partial charge in [0.15, 0.2) is 0 Å². The summed E-state index contributed by atoms with van der Waals surface area (Å²) in [6.07, 6.45) is 3.59. The standard InChI is InChI=1S/C16H14O/c1-2-12-13-6-4-3-5-11(13)7-8-14(12)15-9-10-16(15)17/h2-8,15H,1,9-10H2. The van der Waals surface area contributed by atoms with Crippen LogP contribution in [0.1, 0.15) is 29.9 Å². The van der Waals surface area contributed by atoms with E-state index in [2.05, 4.69) is 30.8 Å². The predicted octanol–water partition coefficient (Wildman–Crippen LogP) is 3.93. The Morgan fingerprint density at radius 3 is 2.65 bits per heavy atom. The van der Waals surface area contributed by atoms with E-state index in [1.54, 1.807) is 0 Å². The van der Waals surface area contributed by atoms with Crippen LogP contribution in [0.5, 0.6) is 0 Å². The van der Waals surface area contributed by atoms with Crippen LogP contribution in [0.2, 0.25) is 0 Å². The number of benzene rings is 2. The second kappa shape index (κ2) is 3.85. The van der Waals surface area contributed by atoms with Crippen molar-refractivity contribution in [1.29, 1.82) is 0 Å². The Bertz CT molecular complexity index is 610. The Morgan fingerprint density at radius 2 is 2.00 bits per heavy atom. The highest BCUT2D eigenvalue weighted by molar-refractivity contribution is 5.97. The fourth-order valence-electron chi connectivity index (χ4n) is 2.58. The average Bonchev–Trinajstić information content (AvgIpc) is 2.36. The number of hydrogen-bond donors (Lipinski definition) is 0. The normalized spacial score (nSPS) is 19.1. The lowest BCUT2D eigenvalue weighted by atomic mass is 9.76. The highest BCUT2D eigenvalue weighted by Crippen LogP contribution is 2.37. The van der Waals surface area contributed by atoms with Gasteiger partial charge < -0.3 is 0 Å². The molecule has 0 heterocycles. The molecule has 0 aliphatic heterocycles. The van der Waals surface area contributed by atoms with Crippen LogP contribution in [0, 0.1) is 0 Å². The molecule has 0 amide bonds. The van der Waals surface area contributed by atoms with Gasteiger partial charge in [0.05, 0.1) is 0 Å². The molecule has 84 valence electrons. The third kappa shape index (κ3) is 1.50. The van der Waals surface area contributed by atoms with Gasteiger partial charge in [-0.2, -0.15) is 0 Å². The van der Waals surface area contributed by atoms with Gasteiger partial charge in [-0.3, -0.25) is 4.79 Å². The summed E-state index contributed by atoms with van der Waals surface area (Å²) in [6.45, 7) is 3.90. The Morgan fingerprint density at radius 1 is 1.18 bits per heavy atom. The van der Waals surface area contributed by atoms with E-state index >= 15 is 0 Å². The van der Waals surface area contributed by atoms with E-state index in [9.17, 15) is 4.79 Å². The van der Waals surface area contributed by atoms with Gasteiger partial charge in [-0.1, -0.05) is 49.1 Å². The molecule has 0 radical (unpaired) electrons.